The Balaban J connectivity index is 2.35. The van der Waals surface area contributed by atoms with Gasteiger partial charge in [-0.1, -0.05) is 6.07 Å². The van der Waals surface area contributed by atoms with Gasteiger partial charge in [-0.2, -0.15) is 0 Å². The molecule has 0 spiro atoms. The highest BCUT2D eigenvalue weighted by molar-refractivity contribution is 5.63. The lowest BCUT2D eigenvalue weighted by Crippen LogP contribution is -2.09. The number of phenols is 1. The molecule has 2 N–H and O–H groups in total. The molecule has 1 atom stereocenters. The fraction of sp³-hybridized carbons (Fsp3) is 0.200. The molecule has 21 heavy (non-hydrogen) atoms. The van der Waals surface area contributed by atoms with Crippen molar-refractivity contribution in [3.63, 3.8) is 0 Å². The van der Waals surface area contributed by atoms with Gasteiger partial charge in [0, 0.05) is 11.6 Å². The van der Waals surface area contributed by atoms with E-state index in [9.17, 15) is 19.6 Å². The quantitative estimate of drug-likeness (QED) is 0.661. The maximum atomic E-state index is 13.3. The van der Waals surface area contributed by atoms with Gasteiger partial charge < -0.3 is 10.4 Å². The van der Waals surface area contributed by atoms with Crippen LogP contribution in [0.5, 0.6) is 5.75 Å². The SMILES string of the molecule is Cc1ccc([N+](=O)[O-])c(NC(C)c2cc(F)ccc2O)c1. The molecule has 6 heteroatoms. The fourth-order valence-electron chi connectivity index (χ4n) is 2.11. The lowest BCUT2D eigenvalue weighted by Gasteiger charge is -2.17. The van der Waals surface area contributed by atoms with Crippen molar-refractivity contribution in [3.8, 4) is 5.75 Å². The summed E-state index contributed by atoms with van der Waals surface area (Å²) >= 11 is 0. The molecule has 0 aromatic heterocycles. The summed E-state index contributed by atoms with van der Waals surface area (Å²) in [4.78, 5) is 10.5. The number of phenolic OH excluding ortho intramolecular Hbond substituents is 1. The molecule has 0 saturated heterocycles. The van der Waals surface area contributed by atoms with E-state index >= 15 is 0 Å². The standard InChI is InChI=1S/C15H15FN2O3/c1-9-3-5-14(18(20)21)13(7-9)17-10(2)12-8-11(16)4-6-15(12)19/h3-8,10,17,19H,1-2H3. The first kappa shape index (κ1) is 14.8. The van der Waals surface area contributed by atoms with E-state index in [0.717, 1.165) is 11.6 Å². The molecule has 0 heterocycles. The molecule has 1 unspecified atom stereocenters. The van der Waals surface area contributed by atoms with Gasteiger partial charge in [0.25, 0.3) is 5.69 Å². The van der Waals surface area contributed by atoms with Crippen LogP contribution in [-0.4, -0.2) is 10.0 Å². The Kier molecular flexibility index (Phi) is 4.07. The molecule has 0 bridgehead atoms. The Hall–Kier alpha value is -2.63. The topological polar surface area (TPSA) is 75.4 Å². The number of halogens is 1. The van der Waals surface area contributed by atoms with Gasteiger partial charge in [-0.25, -0.2) is 4.39 Å². The molecule has 0 aliphatic carbocycles. The van der Waals surface area contributed by atoms with Crippen LogP contribution in [0.1, 0.15) is 24.1 Å². The van der Waals surface area contributed by atoms with E-state index in [2.05, 4.69) is 5.32 Å². The number of nitrogens with zero attached hydrogens (tertiary/aromatic N) is 1. The van der Waals surface area contributed by atoms with E-state index in [1.807, 2.05) is 6.92 Å². The van der Waals surface area contributed by atoms with Crippen molar-refractivity contribution in [2.75, 3.05) is 5.32 Å². The van der Waals surface area contributed by atoms with Crippen molar-refractivity contribution in [1.82, 2.24) is 0 Å². The van der Waals surface area contributed by atoms with Crippen molar-refractivity contribution in [2.24, 2.45) is 0 Å². The largest absolute Gasteiger partial charge is 0.508 e. The van der Waals surface area contributed by atoms with Crippen LogP contribution in [0, 0.1) is 22.9 Å². The van der Waals surface area contributed by atoms with Crippen LogP contribution in [0.4, 0.5) is 15.8 Å². The summed E-state index contributed by atoms with van der Waals surface area (Å²) in [6.07, 6.45) is 0. The van der Waals surface area contributed by atoms with E-state index in [1.54, 1.807) is 19.1 Å². The minimum atomic E-state index is -0.486. The molecule has 0 fully saturated rings. The molecular weight excluding hydrogens is 275 g/mol. The van der Waals surface area contributed by atoms with Crippen LogP contribution in [0.15, 0.2) is 36.4 Å². The van der Waals surface area contributed by atoms with Gasteiger partial charge in [-0.05, 0) is 43.7 Å². The van der Waals surface area contributed by atoms with Gasteiger partial charge in [0.15, 0.2) is 0 Å². The Morgan fingerprint density at radius 3 is 2.67 bits per heavy atom. The number of benzene rings is 2. The zero-order chi connectivity index (χ0) is 15.6. The first-order valence-electron chi connectivity index (χ1n) is 6.38. The molecule has 0 saturated carbocycles. The molecule has 110 valence electrons. The highest BCUT2D eigenvalue weighted by Crippen LogP contribution is 2.32. The first-order valence-corrected chi connectivity index (χ1v) is 6.38. The minimum Gasteiger partial charge on any atom is -0.508 e. The summed E-state index contributed by atoms with van der Waals surface area (Å²) in [5.41, 5.74) is 1.46. The number of nitrogens with one attached hydrogen (secondary N) is 1. The Labute approximate surface area is 121 Å². The number of nitro groups is 1. The highest BCUT2D eigenvalue weighted by atomic mass is 19.1. The van der Waals surface area contributed by atoms with Crippen molar-refractivity contribution in [1.29, 1.82) is 0 Å². The van der Waals surface area contributed by atoms with Gasteiger partial charge in [0.1, 0.15) is 17.3 Å². The third-order valence-electron chi connectivity index (χ3n) is 3.18. The van der Waals surface area contributed by atoms with Crippen LogP contribution in [0.3, 0.4) is 0 Å². The average Bonchev–Trinajstić information content (AvgIpc) is 2.41. The number of hydrogen-bond donors (Lipinski definition) is 2. The van der Waals surface area contributed by atoms with Crippen LogP contribution in [-0.2, 0) is 0 Å². The van der Waals surface area contributed by atoms with Gasteiger partial charge in [-0.3, -0.25) is 10.1 Å². The molecule has 2 aromatic carbocycles. The lowest BCUT2D eigenvalue weighted by atomic mass is 10.1. The van der Waals surface area contributed by atoms with E-state index in [0.29, 0.717) is 11.3 Å². The molecular formula is C15H15FN2O3. The van der Waals surface area contributed by atoms with E-state index in [1.165, 1.54) is 18.2 Å². The maximum Gasteiger partial charge on any atom is 0.292 e. The smallest absolute Gasteiger partial charge is 0.292 e. The van der Waals surface area contributed by atoms with E-state index in [4.69, 9.17) is 0 Å². The first-order chi connectivity index (χ1) is 9.88. The second-order valence-electron chi connectivity index (χ2n) is 4.85. The fourth-order valence-corrected chi connectivity index (χ4v) is 2.11. The zero-order valence-corrected chi connectivity index (χ0v) is 11.6. The van der Waals surface area contributed by atoms with Crippen molar-refractivity contribution >= 4 is 11.4 Å². The average molecular weight is 290 g/mol. The molecule has 0 amide bonds. The summed E-state index contributed by atoms with van der Waals surface area (Å²) in [5, 5.41) is 23.8. The predicted octanol–water partition coefficient (Wildman–Crippen LogP) is 3.92. The summed E-state index contributed by atoms with van der Waals surface area (Å²) in [6, 6.07) is 7.83. The predicted molar refractivity (Wildman–Crippen MR) is 77.9 cm³/mol. The van der Waals surface area contributed by atoms with Crippen LogP contribution in [0.2, 0.25) is 0 Å². The molecule has 0 aliphatic heterocycles. The number of aryl methyl sites for hydroxylation is 1. The third-order valence-corrected chi connectivity index (χ3v) is 3.18. The summed E-state index contributed by atoms with van der Waals surface area (Å²) < 4.78 is 13.3. The minimum absolute atomic E-state index is 0.0632. The second kappa shape index (κ2) is 5.78. The summed E-state index contributed by atoms with van der Waals surface area (Å²) in [6.45, 7) is 3.51. The van der Waals surface area contributed by atoms with Crippen LogP contribution < -0.4 is 5.32 Å². The molecule has 2 aromatic rings. The summed E-state index contributed by atoms with van der Waals surface area (Å²) in [7, 11) is 0. The molecule has 5 nitrogen and oxygen atoms in total. The zero-order valence-electron chi connectivity index (χ0n) is 11.6. The Bertz CT molecular complexity index is 689. The molecule has 2 rings (SSSR count). The van der Waals surface area contributed by atoms with E-state index < -0.39 is 16.8 Å². The van der Waals surface area contributed by atoms with Gasteiger partial charge in [0.2, 0.25) is 0 Å². The monoisotopic (exact) mass is 290 g/mol. The number of anilines is 1. The molecule has 0 aliphatic rings. The van der Waals surface area contributed by atoms with Gasteiger partial charge in [0.05, 0.1) is 11.0 Å². The number of hydrogen-bond acceptors (Lipinski definition) is 4. The second-order valence-corrected chi connectivity index (χ2v) is 4.85. The third kappa shape index (κ3) is 3.28. The van der Waals surface area contributed by atoms with Crippen LogP contribution in [0.25, 0.3) is 0 Å². The normalized spacial score (nSPS) is 12.0. The van der Waals surface area contributed by atoms with Crippen LogP contribution >= 0.6 is 0 Å². The number of rotatable bonds is 4. The van der Waals surface area contributed by atoms with Gasteiger partial charge >= 0.3 is 0 Å². The lowest BCUT2D eigenvalue weighted by molar-refractivity contribution is -0.384. The maximum absolute atomic E-state index is 13.3. The van der Waals surface area contributed by atoms with E-state index in [-0.39, 0.29) is 11.4 Å². The van der Waals surface area contributed by atoms with Gasteiger partial charge in [-0.15, -0.1) is 0 Å². The highest BCUT2D eigenvalue weighted by Gasteiger charge is 2.18. The number of nitro benzene ring substituents is 1. The summed E-state index contributed by atoms with van der Waals surface area (Å²) in [5.74, 6) is -0.540. The van der Waals surface area contributed by atoms with Crippen molar-refractivity contribution in [2.45, 2.75) is 19.9 Å². The Morgan fingerprint density at radius 1 is 1.29 bits per heavy atom. The Morgan fingerprint density at radius 2 is 2.00 bits per heavy atom. The number of aromatic hydroxyl groups is 1. The van der Waals surface area contributed by atoms with Crippen molar-refractivity contribution < 1.29 is 14.4 Å². The van der Waals surface area contributed by atoms with Crippen molar-refractivity contribution in [3.05, 3.63) is 63.5 Å². The molecule has 0 radical (unpaired) electrons.